The quantitative estimate of drug-likeness (QED) is 0.708. The molecule has 68 valence electrons. The summed E-state index contributed by atoms with van der Waals surface area (Å²) in [5.41, 5.74) is 7.62. The van der Waals surface area contributed by atoms with Crippen molar-refractivity contribution in [1.29, 1.82) is 0 Å². The van der Waals surface area contributed by atoms with Gasteiger partial charge in [0.1, 0.15) is 0 Å². The molecule has 0 atom stereocenters. The van der Waals surface area contributed by atoms with Gasteiger partial charge in [0.25, 0.3) is 0 Å². The van der Waals surface area contributed by atoms with Gasteiger partial charge >= 0.3 is 0 Å². The molecular formula is C10H13N3. The number of nitrogens with zero attached hydrogens (tertiary/aromatic N) is 2. The molecule has 0 aliphatic rings. The number of allylic oxidation sites excluding steroid dienone is 1. The largest absolute Gasteiger partial charge is 0.401 e. The number of pyridine rings is 1. The lowest BCUT2D eigenvalue weighted by Crippen LogP contribution is -2.00. The highest BCUT2D eigenvalue weighted by atomic mass is 14.7. The van der Waals surface area contributed by atoms with Crippen LogP contribution in [-0.2, 0) is 6.42 Å². The average Bonchev–Trinajstić information content (AvgIpc) is 2.16. The van der Waals surface area contributed by atoms with E-state index in [9.17, 15) is 0 Å². The van der Waals surface area contributed by atoms with Gasteiger partial charge in [0, 0.05) is 36.9 Å². The highest BCUT2D eigenvalue weighted by Gasteiger charge is 1.92. The Morgan fingerprint density at radius 2 is 2.23 bits per heavy atom. The van der Waals surface area contributed by atoms with Crippen LogP contribution in [0.15, 0.2) is 41.4 Å². The van der Waals surface area contributed by atoms with Gasteiger partial charge in [-0.15, -0.1) is 0 Å². The molecule has 0 bridgehead atoms. The van der Waals surface area contributed by atoms with Gasteiger partial charge in [0.15, 0.2) is 0 Å². The monoisotopic (exact) mass is 175 g/mol. The summed E-state index contributed by atoms with van der Waals surface area (Å²) in [5.74, 6) is 0. The molecule has 1 aromatic heterocycles. The van der Waals surface area contributed by atoms with Crippen LogP contribution in [0.2, 0.25) is 0 Å². The zero-order valence-electron chi connectivity index (χ0n) is 7.64. The maximum absolute atomic E-state index is 5.72. The first-order valence-corrected chi connectivity index (χ1v) is 4.14. The van der Waals surface area contributed by atoms with Gasteiger partial charge in [0.05, 0.1) is 0 Å². The summed E-state index contributed by atoms with van der Waals surface area (Å²) in [6.45, 7) is 1.86. The zero-order chi connectivity index (χ0) is 9.52. The molecule has 0 radical (unpaired) electrons. The van der Waals surface area contributed by atoms with Gasteiger partial charge in [0.2, 0.25) is 0 Å². The third-order valence-corrected chi connectivity index (χ3v) is 1.55. The van der Waals surface area contributed by atoms with E-state index in [4.69, 9.17) is 5.73 Å². The molecule has 3 nitrogen and oxygen atoms in total. The van der Waals surface area contributed by atoms with E-state index in [2.05, 4.69) is 9.98 Å². The fourth-order valence-corrected chi connectivity index (χ4v) is 0.952. The Balaban J connectivity index is 2.60. The third-order valence-electron chi connectivity index (χ3n) is 1.55. The molecule has 0 saturated carbocycles. The van der Waals surface area contributed by atoms with E-state index in [0.717, 1.165) is 17.7 Å². The summed E-state index contributed by atoms with van der Waals surface area (Å²) >= 11 is 0. The predicted octanol–water partition coefficient (Wildman–Crippen LogP) is 1.51. The Hall–Kier alpha value is -1.64. The zero-order valence-corrected chi connectivity index (χ0v) is 7.64. The van der Waals surface area contributed by atoms with Crippen LogP contribution < -0.4 is 5.73 Å². The van der Waals surface area contributed by atoms with Crippen LogP contribution in [-0.4, -0.2) is 11.2 Å². The van der Waals surface area contributed by atoms with Crippen molar-refractivity contribution in [2.45, 2.75) is 13.3 Å². The van der Waals surface area contributed by atoms with Crippen molar-refractivity contribution in [1.82, 2.24) is 4.98 Å². The summed E-state index contributed by atoms with van der Waals surface area (Å²) in [4.78, 5) is 7.87. The van der Waals surface area contributed by atoms with Gasteiger partial charge < -0.3 is 5.73 Å². The van der Waals surface area contributed by atoms with Crippen LogP contribution in [0.1, 0.15) is 12.5 Å². The molecule has 0 amide bonds. The van der Waals surface area contributed by atoms with Crippen molar-refractivity contribution >= 4 is 6.21 Å². The van der Waals surface area contributed by atoms with Crippen molar-refractivity contribution in [3.63, 3.8) is 0 Å². The number of aliphatic imine (C=N–C) groups is 1. The summed E-state index contributed by atoms with van der Waals surface area (Å²) in [6.07, 6.45) is 7.61. The Kier molecular flexibility index (Phi) is 3.70. The number of hydrogen-bond donors (Lipinski definition) is 1. The molecule has 0 aliphatic carbocycles. The van der Waals surface area contributed by atoms with Gasteiger partial charge in [-0.2, -0.15) is 0 Å². The standard InChI is InChI=1S/C10H13N3/c1-2-12-8-10(11)7-9-3-5-13-6-4-9/h2-6,8H,7,11H2,1H3/b10-8+,12-2?. The van der Waals surface area contributed by atoms with Crippen molar-refractivity contribution in [3.8, 4) is 0 Å². The van der Waals surface area contributed by atoms with E-state index < -0.39 is 0 Å². The SMILES string of the molecule is CC=N/C=C(/N)Cc1ccncc1. The minimum atomic E-state index is 0.722. The fraction of sp³-hybridized carbons (Fsp3) is 0.200. The Labute approximate surface area is 78.0 Å². The fourth-order valence-electron chi connectivity index (χ4n) is 0.952. The average molecular weight is 175 g/mol. The molecule has 13 heavy (non-hydrogen) atoms. The maximum Gasteiger partial charge on any atom is 0.0454 e. The summed E-state index contributed by atoms with van der Waals surface area (Å²) < 4.78 is 0. The number of aromatic nitrogens is 1. The summed E-state index contributed by atoms with van der Waals surface area (Å²) in [6, 6.07) is 3.88. The number of nitrogens with two attached hydrogens (primary N) is 1. The Morgan fingerprint density at radius 3 is 2.85 bits per heavy atom. The van der Waals surface area contributed by atoms with Gasteiger partial charge in [-0.25, -0.2) is 0 Å². The minimum Gasteiger partial charge on any atom is -0.401 e. The van der Waals surface area contributed by atoms with Crippen LogP contribution in [0.5, 0.6) is 0 Å². The Morgan fingerprint density at radius 1 is 1.54 bits per heavy atom. The number of hydrogen-bond acceptors (Lipinski definition) is 3. The molecule has 1 heterocycles. The van der Waals surface area contributed by atoms with Crippen LogP contribution in [0.4, 0.5) is 0 Å². The predicted molar refractivity (Wildman–Crippen MR) is 54.4 cm³/mol. The second-order valence-corrected chi connectivity index (χ2v) is 2.64. The highest BCUT2D eigenvalue weighted by Crippen LogP contribution is 2.01. The van der Waals surface area contributed by atoms with Gasteiger partial charge in [-0.3, -0.25) is 9.98 Å². The molecule has 1 rings (SSSR count). The first-order valence-electron chi connectivity index (χ1n) is 4.14. The van der Waals surface area contributed by atoms with E-state index >= 15 is 0 Å². The molecule has 2 N–H and O–H groups in total. The Bertz CT molecular complexity index is 301. The van der Waals surface area contributed by atoms with Crippen molar-refractivity contribution in [2.75, 3.05) is 0 Å². The third kappa shape index (κ3) is 3.51. The van der Waals surface area contributed by atoms with E-state index in [1.54, 1.807) is 24.8 Å². The molecular weight excluding hydrogens is 162 g/mol. The second kappa shape index (κ2) is 5.09. The van der Waals surface area contributed by atoms with Crippen LogP contribution in [0.3, 0.4) is 0 Å². The molecule has 0 unspecified atom stereocenters. The first-order chi connectivity index (χ1) is 6.33. The van der Waals surface area contributed by atoms with E-state index in [-0.39, 0.29) is 0 Å². The molecule has 1 aromatic rings. The molecule has 0 fully saturated rings. The molecule has 0 saturated heterocycles. The van der Waals surface area contributed by atoms with Crippen LogP contribution in [0.25, 0.3) is 0 Å². The molecule has 0 aromatic carbocycles. The van der Waals surface area contributed by atoms with E-state index in [0.29, 0.717) is 0 Å². The lowest BCUT2D eigenvalue weighted by atomic mass is 10.2. The lowest BCUT2D eigenvalue weighted by molar-refractivity contribution is 1.08. The normalized spacial score (nSPS) is 12.2. The number of rotatable bonds is 3. The van der Waals surface area contributed by atoms with Gasteiger partial charge in [-0.1, -0.05) is 0 Å². The van der Waals surface area contributed by atoms with Gasteiger partial charge in [-0.05, 0) is 24.6 Å². The summed E-state index contributed by atoms with van der Waals surface area (Å²) in [5, 5.41) is 0. The molecule has 0 aliphatic heterocycles. The van der Waals surface area contributed by atoms with Crippen molar-refractivity contribution in [2.24, 2.45) is 10.7 Å². The van der Waals surface area contributed by atoms with Crippen LogP contribution in [0, 0.1) is 0 Å². The van der Waals surface area contributed by atoms with Crippen molar-refractivity contribution in [3.05, 3.63) is 42.0 Å². The summed E-state index contributed by atoms with van der Waals surface area (Å²) in [7, 11) is 0. The first kappa shape index (κ1) is 9.45. The molecule has 0 spiro atoms. The van der Waals surface area contributed by atoms with E-state index in [1.807, 2.05) is 19.1 Å². The lowest BCUT2D eigenvalue weighted by Gasteiger charge is -1.98. The smallest absolute Gasteiger partial charge is 0.0454 e. The maximum atomic E-state index is 5.72. The topological polar surface area (TPSA) is 51.3 Å². The highest BCUT2D eigenvalue weighted by molar-refractivity contribution is 5.54. The molecule has 3 heteroatoms. The van der Waals surface area contributed by atoms with Crippen LogP contribution >= 0.6 is 0 Å². The van der Waals surface area contributed by atoms with E-state index in [1.165, 1.54) is 0 Å². The minimum absolute atomic E-state index is 0.722. The second-order valence-electron chi connectivity index (χ2n) is 2.64. The van der Waals surface area contributed by atoms with Crippen molar-refractivity contribution < 1.29 is 0 Å².